The van der Waals surface area contributed by atoms with Crippen LogP contribution in [-0.4, -0.2) is 98.2 Å². The van der Waals surface area contributed by atoms with Crippen LogP contribution in [-0.2, 0) is 30.3 Å². The number of nitrogens with one attached hydrogen (secondary N) is 1. The second kappa shape index (κ2) is 18.8. The summed E-state index contributed by atoms with van der Waals surface area (Å²) in [4.78, 5) is 82.3. The number of rotatable bonds is 19. The standard InChI is InChI=1S/C38H56N6O7S/c1-22(2)31(44(7)37(48)27(15-26-11-12-26)16-32(46)30-10-8-9-13-43(30)6)18-33(51-25(5)45)36-42-29(21-52-36)35(47)41-28(14-24(4)38(49)50)17-34-39-19-23(3)20-40-34/h19-22,24,26-28,30-31,33H,8-18H2,1-7H3,(H,41,47)(H,49,50)/t24-,27+,28+,30+,31+,33+/m0/s1. The summed E-state index contributed by atoms with van der Waals surface area (Å²) in [7, 11) is 3.76. The van der Waals surface area contributed by atoms with Gasteiger partial charge in [0.25, 0.3) is 5.91 Å². The Kier molecular flexibility index (Phi) is 14.8. The van der Waals surface area contributed by atoms with E-state index in [0.29, 0.717) is 23.2 Å². The number of likely N-dealkylation sites (N-methyl/N-ethyl adjacent to an activating group) is 1. The van der Waals surface area contributed by atoms with E-state index in [-0.39, 0.29) is 61.1 Å². The SMILES string of the molecule is CC(=O)O[C@H](C[C@H](C(C)C)N(C)C(=O)[C@@H](CC(=O)[C@H]1CCCCN1C)CC1CC1)c1nc(C(=O)N[C@@H](Cc2ncc(C)cn2)C[C@H](C)C(=O)O)cs1. The van der Waals surface area contributed by atoms with Crippen molar-refractivity contribution in [2.24, 2.45) is 23.7 Å². The first-order valence-corrected chi connectivity index (χ1v) is 19.4. The molecule has 14 heteroatoms. The molecular weight excluding hydrogens is 685 g/mol. The maximum absolute atomic E-state index is 14.2. The number of amides is 2. The summed E-state index contributed by atoms with van der Waals surface area (Å²) in [5.41, 5.74) is 0.989. The Hall–Kier alpha value is -3.78. The molecule has 0 radical (unpaired) electrons. The average Bonchev–Trinajstić information content (AvgIpc) is 3.77. The molecule has 3 heterocycles. The van der Waals surface area contributed by atoms with Gasteiger partial charge in [-0.1, -0.05) is 40.0 Å². The number of carbonyl (C=O) groups is 5. The van der Waals surface area contributed by atoms with Crippen LogP contribution >= 0.6 is 11.3 Å². The number of hydrogen-bond acceptors (Lipinski definition) is 11. The number of likely N-dealkylation sites (tertiary alicyclic amines) is 1. The number of thiazole rings is 1. The van der Waals surface area contributed by atoms with Gasteiger partial charge in [0.2, 0.25) is 5.91 Å². The van der Waals surface area contributed by atoms with Crippen molar-refractivity contribution >= 4 is 40.9 Å². The molecule has 6 atom stereocenters. The third kappa shape index (κ3) is 11.9. The highest BCUT2D eigenvalue weighted by molar-refractivity contribution is 7.09. The molecule has 0 spiro atoms. The number of aryl methyl sites for hydroxylation is 1. The summed E-state index contributed by atoms with van der Waals surface area (Å²) in [6, 6.07) is -1.07. The molecule has 2 aromatic rings. The summed E-state index contributed by atoms with van der Waals surface area (Å²) in [5.74, 6) is -2.14. The number of aliphatic carboxylic acids is 1. The smallest absolute Gasteiger partial charge is 0.306 e. The molecule has 0 bridgehead atoms. The Morgan fingerprint density at radius 1 is 1.08 bits per heavy atom. The van der Waals surface area contributed by atoms with Crippen LogP contribution in [0.25, 0.3) is 0 Å². The van der Waals surface area contributed by atoms with Crippen molar-refractivity contribution in [3.8, 4) is 0 Å². The molecule has 4 rings (SSSR count). The van der Waals surface area contributed by atoms with E-state index in [4.69, 9.17) is 4.74 Å². The number of aromatic nitrogens is 3. The number of carboxylic acid groups (broad SMARTS) is 1. The highest BCUT2D eigenvalue weighted by atomic mass is 32.1. The van der Waals surface area contributed by atoms with Gasteiger partial charge in [0.1, 0.15) is 16.5 Å². The van der Waals surface area contributed by atoms with Gasteiger partial charge in [0, 0.05) is 69.0 Å². The van der Waals surface area contributed by atoms with Crippen molar-refractivity contribution in [2.45, 2.75) is 123 Å². The number of carboxylic acids is 1. The van der Waals surface area contributed by atoms with E-state index in [1.54, 1.807) is 36.6 Å². The second-order valence-corrected chi connectivity index (χ2v) is 16.1. The normalized spacial score (nSPS) is 19.3. The fourth-order valence-electron chi connectivity index (χ4n) is 7.10. The first-order valence-electron chi connectivity index (χ1n) is 18.6. The van der Waals surface area contributed by atoms with E-state index in [2.05, 4.69) is 25.2 Å². The molecular formula is C38H56N6O7S. The van der Waals surface area contributed by atoms with Gasteiger partial charge in [-0.3, -0.25) is 28.9 Å². The Morgan fingerprint density at radius 2 is 1.77 bits per heavy atom. The van der Waals surface area contributed by atoms with E-state index in [9.17, 15) is 29.1 Å². The average molecular weight is 741 g/mol. The van der Waals surface area contributed by atoms with E-state index in [1.165, 1.54) is 18.3 Å². The topological polar surface area (TPSA) is 172 Å². The van der Waals surface area contributed by atoms with Gasteiger partial charge >= 0.3 is 11.9 Å². The van der Waals surface area contributed by atoms with Crippen molar-refractivity contribution in [3.63, 3.8) is 0 Å². The molecule has 13 nitrogen and oxygen atoms in total. The lowest BCUT2D eigenvalue weighted by Crippen LogP contribution is -2.47. The van der Waals surface area contributed by atoms with Gasteiger partial charge in [-0.15, -0.1) is 11.3 Å². The molecule has 2 aliphatic rings. The van der Waals surface area contributed by atoms with Crippen molar-refractivity contribution in [1.29, 1.82) is 0 Å². The lowest BCUT2D eigenvalue weighted by Gasteiger charge is -2.36. The van der Waals surface area contributed by atoms with E-state index in [0.717, 1.165) is 44.2 Å². The minimum atomic E-state index is -0.977. The molecule has 2 fully saturated rings. The Labute approximate surface area is 311 Å². The fraction of sp³-hybridized carbons (Fsp3) is 0.684. The lowest BCUT2D eigenvalue weighted by atomic mass is 9.88. The molecule has 2 N–H and O–H groups in total. The molecule has 2 amide bonds. The molecule has 2 aromatic heterocycles. The van der Waals surface area contributed by atoms with Crippen LogP contribution in [0.3, 0.4) is 0 Å². The van der Waals surface area contributed by atoms with Gasteiger partial charge in [0.15, 0.2) is 11.9 Å². The maximum Gasteiger partial charge on any atom is 0.306 e. The number of ketones is 1. The van der Waals surface area contributed by atoms with Gasteiger partial charge in [0.05, 0.1) is 12.0 Å². The summed E-state index contributed by atoms with van der Waals surface area (Å²) in [6.45, 7) is 9.66. The number of piperidine rings is 1. The number of Topliss-reactive ketones (excluding diaryl/α,β-unsaturated/α-hetero) is 1. The van der Waals surface area contributed by atoms with E-state index < -0.39 is 41.8 Å². The predicted molar refractivity (Wildman–Crippen MR) is 197 cm³/mol. The first-order chi connectivity index (χ1) is 24.6. The van der Waals surface area contributed by atoms with Crippen LogP contribution in [0.2, 0.25) is 0 Å². The number of esters is 1. The lowest BCUT2D eigenvalue weighted by molar-refractivity contribution is -0.149. The van der Waals surface area contributed by atoms with Crippen LogP contribution in [0.4, 0.5) is 0 Å². The minimum Gasteiger partial charge on any atom is -0.481 e. The molecule has 1 aliphatic carbocycles. The van der Waals surface area contributed by atoms with Crippen LogP contribution in [0, 0.1) is 30.6 Å². The number of carbonyl (C=O) groups excluding carboxylic acids is 4. The zero-order valence-electron chi connectivity index (χ0n) is 31.7. The van der Waals surface area contributed by atoms with Gasteiger partial charge < -0.3 is 20.1 Å². The monoisotopic (exact) mass is 740 g/mol. The number of hydrogen-bond donors (Lipinski definition) is 2. The third-order valence-electron chi connectivity index (χ3n) is 10.3. The highest BCUT2D eigenvalue weighted by Crippen LogP contribution is 2.38. The van der Waals surface area contributed by atoms with Crippen molar-refractivity contribution in [1.82, 2.24) is 30.1 Å². The third-order valence-corrected chi connectivity index (χ3v) is 11.3. The fourth-order valence-corrected chi connectivity index (χ4v) is 7.94. The highest BCUT2D eigenvalue weighted by Gasteiger charge is 2.38. The van der Waals surface area contributed by atoms with Crippen molar-refractivity contribution < 1.29 is 33.8 Å². The molecule has 52 heavy (non-hydrogen) atoms. The van der Waals surface area contributed by atoms with Crippen molar-refractivity contribution in [2.75, 3.05) is 20.6 Å². The maximum atomic E-state index is 14.2. The van der Waals surface area contributed by atoms with Gasteiger partial charge in [-0.05, 0) is 63.6 Å². The molecule has 1 saturated heterocycles. The molecule has 1 saturated carbocycles. The molecule has 0 aromatic carbocycles. The summed E-state index contributed by atoms with van der Waals surface area (Å²) < 4.78 is 5.78. The molecule has 1 aliphatic heterocycles. The van der Waals surface area contributed by atoms with Crippen LogP contribution < -0.4 is 5.32 Å². The zero-order valence-corrected chi connectivity index (χ0v) is 32.5. The molecule has 0 unspecified atom stereocenters. The van der Waals surface area contributed by atoms with Crippen LogP contribution in [0.15, 0.2) is 17.8 Å². The number of ether oxygens (including phenoxy) is 1. The summed E-state index contributed by atoms with van der Waals surface area (Å²) in [6.07, 6.45) is 9.15. The minimum absolute atomic E-state index is 0.0162. The summed E-state index contributed by atoms with van der Waals surface area (Å²) in [5, 5.41) is 14.4. The van der Waals surface area contributed by atoms with E-state index >= 15 is 0 Å². The van der Waals surface area contributed by atoms with Crippen LogP contribution in [0.5, 0.6) is 0 Å². The summed E-state index contributed by atoms with van der Waals surface area (Å²) >= 11 is 1.18. The quantitative estimate of drug-likeness (QED) is 0.185. The van der Waals surface area contributed by atoms with Crippen LogP contribution in [0.1, 0.15) is 118 Å². The van der Waals surface area contributed by atoms with Gasteiger partial charge in [-0.25, -0.2) is 15.0 Å². The Bertz CT molecular complexity index is 1540. The Balaban J connectivity index is 1.49. The second-order valence-electron chi connectivity index (χ2n) is 15.2. The largest absolute Gasteiger partial charge is 0.481 e. The van der Waals surface area contributed by atoms with Crippen molar-refractivity contribution in [3.05, 3.63) is 39.9 Å². The zero-order chi connectivity index (χ0) is 38.1. The van der Waals surface area contributed by atoms with Gasteiger partial charge in [-0.2, -0.15) is 0 Å². The van der Waals surface area contributed by atoms with E-state index in [1.807, 2.05) is 27.8 Å². The number of nitrogens with zero attached hydrogens (tertiary/aromatic N) is 5. The predicted octanol–water partition coefficient (Wildman–Crippen LogP) is 5.03. The Morgan fingerprint density at radius 3 is 2.37 bits per heavy atom. The molecule has 286 valence electrons. The first kappa shape index (κ1) is 41.0.